The number of aryl methyl sites for hydroxylation is 1. The molecule has 0 aromatic heterocycles. The molecule has 0 bridgehead atoms. The monoisotopic (exact) mass is 526 g/mol. The van der Waals surface area contributed by atoms with Crippen molar-refractivity contribution in [2.24, 2.45) is 0 Å². The minimum absolute atomic E-state index is 0.0418. The Kier molecular flexibility index (Phi) is 10.2. The second-order valence-electron chi connectivity index (χ2n) is 8.80. The van der Waals surface area contributed by atoms with Gasteiger partial charge in [-0.25, -0.2) is 0 Å². The lowest BCUT2D eigenvalue weighted by atomic mass is 10.0. The molecule has 1 N–H and O–H groups in total. The molecule has 0 spiro atoms. The molecule has 7 heteroatoms. The molecule has 0 fully saturated rings. The predicted molar refractivity (Wildman–Crippen MR) is 146 cm³/mol. The summed E-state index contributed by atoms with van der Waals surface area (Å²) in [4.78, 5) is 28.7. The number of carbonyl (C=O) groups is 2. The summed E-state index contributed by atoms with van der Waals surface area (Å²) in [6.45, 7) is 5.70. The quantitative estimate of drug-likeness (QED) is 0.322. The maximum absolute atomic E-state index is 13.7. The van der Waals surface area contributed by atoms with Crippen LogP contribution in [0.5, 0.6) is 5.75 Å². The molecule has 3 aromatic rings. The van der Waals surface area contributed by atoms with Crippen LogP contribution >= 0.6 is 23.2 Å². The van der Waals surface area contributed by atoms with E-state index >= 15 is 0 Å². The van der Waals surface area contributed by atoms with E-state index in [9.17, 15) is 9.59 Å². The van der Waals surface area contributed by atoms with Crippen LogP contribution in [0.3, 0.4) is 0 Å². The molecule has 0 aliphatic carbocycles. The molecular formula is C29H32Cl2N2O3. The number of rotatable bonds is 11. The second kappa shape index (κ2) is 13.3. The van der Waals surface area contributed by atoms with Crippen molar-refractivity contribution in [3.8, 4) is 5.75 Å². The van der Waals surface area contributed by atoms with Crippen LogP contribution in [0, 0.1) is 6.92 Å². The average molecular weight is 527 g/mol. The minimum Gasteiger partial charge on any atom is -0.484 e. The molecule has 0 aliphatic heterocycles. The van der Waals surface area contributed by atoms with E-state index < -0.39 is 6.04 Å². The second-order valence-corrected chi connectivity index (χ2v) is 9.61. The van der Waals surface area contributed by atoms with Crippen LogP contribution in [0.2, 0.25) is 10.0 Å². The molecule has 5 nitrogen and oxygen atoms in total. The Balaban J connectivity index is 1.97. The standard InChI is InChI=1S/C29H32Cl2N2O3/c1-4-21(3)32-29(35)26(17-22-12-6-5-7-13-22)33(18-23-24(30)14-10-15-25(23)31)28(34)19-36-27-16-9-8-11-20(27)2/h5-16,21,26H,4,17-19H2,1-3H3,(H,32,35). The highest BCUT2D eigenvalue weighted by Gasteiger charge is 2.32. The normalized spacial score (nSPS) is 12.5. The molecule has 0 heterocycles. The Morgan fingerprint density at radius 2 is 1.58 bits per heavy atom. The first kappa shape index (κ1) is 27.6. The Hall–Kier alpha value is -3.02. The maximum atomic E-state index is 13.7. The van der Waals surface area contributed by atoms with E-state index in [0.717, 1.165) is 17.5 Å². The summed E-state index contributed by atoms with van der Waals surface area (Å²) >= 11 is 12.9. The van der Waals surface area contributed by atoms with Crippen LogP contribution < -0.4 is 10.1 Å². The summed E-state index contributed by atoms with van der Waals surface area (Å²) in [6, 6.07) is 21.5. The van der Waals surface area contributed by atoms with E-state index in [1.807, 2.05) is 75.4 Å². The van der Waals surface area contributed by atoms with Gasteiger partial charge in [0.25, 0.3) is 5.91 Å². The summed E-state index contributed by atoms with van der Waals surface area (Å²) in [7, 11) is 0. The van der Waals surface area contributed by atoms with Gasteiger partial charge in [-0.15, -0.1) is 0 Å². The molecule has 2 unspecified atom stereocenters. The summed E-state index contributed by atoms with van der Waals surface area (Å²) in [5.41, 5.74) is 2.44. The topological polar surface area (TPSA) is 58.6 Å². The smallest absolute Gasteiger partial charge is 0.261 e. The molecule has 2 atom stereocenters. The van der Waals surface area contributed by atoms with Gasteiger partial charge in [0.2, 0.25) is 5.91 Å². The van der Waals surface area contributed by atoms with Gasteiger partial charge < -0.3 is 15.0 Å². The van der Waals surface area contributed by atoms with E-state index in [2.05, 4.69) is 5.32 Å². The third kappa shape index (κ3) is 7.49. The number of hydrogen-bond donors (Lipinski definition) is 1. The number of amides is 2. The lowest BCUT2D eigenvalue weighted by Gasteiger charge is -2.32. The Morgan fingerprint density at radius 3 is 2.22 bits per heavy atom. The first-order valence-electron chi connectivity index (χ1n) is 12.0. The van der Waals surface area contributed by atoms with Gasteiger partial charge in [-0.05, 0) is 49.6 Å². The SMILES string of the molecule is CCC(C)NC(=O)C(Cc1ccccc1)N(Cc1c(Cl)cccc1Cl)C(=O)COc1ccccc1C. The van der Waals surface area contributed by atoms with Crippen LogP contribution in [0.15, 0.2) is 72.8 Å². The van der Waals surface area contributed by atoms with Gasteiger partial charge in [0.05, 0.1) is 0 Å². The average Bonchev–Trinajstić information content (AvgIpc) is 2.87. The number of nitrogens with one attached hydrogen (secondary N) is 1. The van der Waals surface area contributed by atoms with Gasteiger partial charge >= 0.3 is 0 Å². The first-order chi connectivity index (χ1) is 17.3. The summed E-state index contributed by atoms with van der Waals surface area (Å²) < 4.78 is 5.87. The van der Waals surface area contributed by atoms with E-state index in [4.69, 9.17) is 27.9 Å². The number of para-hydroxylation sites is 1. The van der Waals surface area contributed by atoms with Crippen molar-refractivity contribution in [1.29, 1.82) is 0 Å². The van der Waals surface area contributed by atoms with Crippen molar-refractivity contribution in [2.45, 2.75) is 52.2 Å². The van der Waals surface area contributed by atoms with E-state index in [-0.39, 0.29) is 31.0 Å². The van der Waals surface area contributed by atoms with Crippen molar-refractivity contribution in [2.75, 3.05) is 6.61 Å². The fourth-order valence-corrected chi connectivity index (χ4v) is 4.31. The highest BCUT2D eigenvalue weighted by Crippen LogP contribution is 2.27. The zero-order chi connectivity index (χ0) is 26.1. The summed E-state index contributed by atoms with van der Waals surface area (Å²) in [6.07, 6.45) is 1.10. The summed E-state index contributed by atoms with van der Waals surface area (Å²) in [5.74, 6) is 0.0420. The summed E-state index contributed by atoms with van der Waals surface area (Å²) in [5, 5.41) is 3.91. The molecule has 0 radical (unpaired) electrons. The number of halogens is 2. The van der Waals surface area contributed by atoms with Gasteiger partial charge in [-0.3, -0.25) is 9.59 Å². The van der Waals surface area contributed by atoms with Crippen LogP contribution in [-0.2, 0) is 22.6 Å². The van der Waals surface area contributed by atoms with Crippen LogP contribution in [0.1, 0.15) is 37.0 Å². The molecule has 190 valence electrons. The van der Waals surface area contributed by atoms with Gasteiger partial charge in [-0.2, -0.15) is 0 Å². The highest BCUT2D eigenvalue weighted by molar-refractivity contribution is 6.36. The van der Waals surface area contributed by atoms with Crippen LogP contribution in [0.4, 0.5) is 0 Å². The van der Waals surface area contributed by atoms with E-state index in [0.29, 0.717) is 27.8 Å². The molecule has 3 rings (SSSR count). The van der Waals surface area contributed by atoms with Crippen molar-refractivity contribution in [3.05, 3.63) is 99.5 Å². The van der Waals surface area contributed by atoms with Gasteiger partial charge in [0, 0.05) is 34.6 Å². The molecule has 2 amide bonds. The van der Waals surface area contributed by atoms with Crippen molar-refractivity contribution in [3.63, 3.8) is 0 Å². The molecular weight excluding hydrogens is 495 g/mol. The lowest BCUT2D eigenvalue weighted by Crippen LogP contribution is -2.53. The third-order valence-electron chi connectivity index (χ3n) is 6.11. The number of ether oxygens (including phenoxy) is 1. The maximum Gasteiger partial charge on any atom is 0.261 e. The zero-order valence-electron chi connectivity index (χ0n) is 20.8. The predicted octanol–water partition coefficient (Wildman–Crippen LogP) is 6.24. The molecule has 0 aliphatic rings. The number of benzene rings is 3. The highest BCUT2D eigenvalue weighted by atomic mass is 35.5. The van der Waals surface area contributed by atoms with Crippen molar-refractivity contribution < 1.29 is 14.3 Å². The van der Waals surface area contributed by atoms with Crippen molar-refractivity contribution >= 4 is 35.0 Å². The third-order valence-corrected chi connectivity index (χ3v) is 6.82. The number of hydrogen-bond acceptors (Lipinski definition) is 3. The Bertz CT molecular complexity index is 1150. The zero-order valence-corrected chi connectivity index (χ0v) is 22.4. The van der Waals surface area contributed by atoms with Crippen molar-refractivity contribution in [1.82, 2.24) is 10.2 Å². The molecule has 0 saturated heterocycles. The molecule has 36 heavy (non-hydrogen) atoms. The fraction of sp³-hybridized carbons (Fsp3) is 0.310. The minimum atomic E-state index is -0.790. The Morgan fingerprint density at radius 1 is 0.944 bits per heavy atom. The lowest BCUT2D eigenvalue weighted by molar-refractivity contribution is -0.143. The Labute approximate surface area is 223 Å². The largest absolute Gasteiger partial charge is 0.484 e. The van der Waals surface area contributed by atoms with Crippen LogP contribution in [0.25, 0.3) is 0 Å². The fourth-order valence-electron chi connectivity index (χ4n) is 3.79. The van der Waals surface area contributed by atoms with E-state index in [1.165, 1.54) is 4.90 Å². The molecule has 3 aromatic carbocycles. The number of carbonyl (C=O) groups excluding carboxylic acids is 2. The first-order valence-corrected chi connectivity index (χ1v) is 12.8. The van der Waals surface area contributed by atoms with Crippen LogP contribution in [-0.4, -0.2) is 35.4 Å². The number of nitrogens with zero attached hydrogens (tertiary/aromatic N) is 1. The van der Waals surface area contributed by atoms with E-state index in [1.54, 1.807) is 18.2 Å². The molecule has 0 saturated carbocycles. The van der Waals surface area contributed by atoms with Gasteiger partial charge in [0.15, 0.2) is 6.61 Å². The van der Waals surface area contributed by atoms with Gasteiger partial charge in [-0.1, -0.05) is 84.7 Å². The van der Waals surface area contributed by atoms with Gasteiger partial charge in [0.1, 0.15) is 11.8 Å².